The maximum atomic E-state index is 13.4. The third-order valence-electron chi connectivity index (χ3n) is 6.31. The number of anilines is 1. The quantitative estimate of drug-likeness (QED) is 0.739. The molecule has 3 aliphatic heterocycles. The maximum Gasteiger partial charge on any atom is 0.328 e. The van der Waals surface area contributed by atoms with E-state index >= 15 is 0 Å². The maximum absolute atomic E-state index is 13.4. The summed E-state index contributed by atoms with van der Waals surface area (Å²) in [7, 11) is 1.72. The summed E-state index contributed by atoms with van der Waals surface area (Å²) in [4.78, 5) is 38.3. The lowest BCUT2D eigenvalue weighted by Gasteiger charge is -2.40. The number of hydrogen-bond acceptors (Lipinski definition) is 5. The van der Waals surface area contributed by atoms with Crippen LogP contribution < -0.4 is 4.90 Å². The first kappa shape index (κ1) is 19.9. The molecule has 2 aromatic carbocycles. The summed E-state index contributed by atoms with van der Waals surface area (Å²) in [6, 6.07) is 13.0. The summed E-state index contributed by atoms with van der Waals surface area (Å²) in [5, 5.41) is 0.694. The minimum Gasteiger partial charge on any atom is -0.325 e. The average molecular weight is 438 g/mol. The second-order valence-electron chi connectivity index (χ2n) is 8.37. The van der Waals surface area contributed by atoms with Gasteiger partial charge in [0.1, 0.15) is 0 Å². The number of amides is 3. The van der Waals surface area contributed by atoms with Gasteiger partial charge in [-0.15, -0.1) is 0 Å². The van der Waals surface area contributed by atoms with Gasteiger partial charge in [-0.25, -0.2) is 9.79 Å². The number of benzene rings is 2. The largest absolute Gasteiger partial charge is 0.328 e. The van der Waals surface area contributed by atoms with Gasteiger partial charge >= 0.3 is 6.03 Å². The molecule has 2 fully saturated rings. The fourth-order valence-corrected chi connectivity index (χ4v) is 4.63. The summed E-state index contributed by atoms with van der Waals surface area (Å²) < 4.78 is 0. The number of rotatable bonds is 3. The van der Waals surface area contributed by atoms with Crippen molar-refractivity contribution in [3.63, 3.8) is 0 Å². The minimum atomic E-state index is -0.520. The van der Waals surface area contributed by atoms with E-state index in [0.29, 0.717) is 18.1 Å². The number of hydrogen-bond donors (Lipinski definition) is 0. The Hall–Kier alpha value is -3.06. The Morgan fingerprint density at radius 1 is 1.06 bits per heavy atom. The number of urea groups is 1. The lowest BCUT2D eigenvalue weighted by atomic mass is 10.1. The van der Waals surface area contributed by atoms with Gasteiger partial charge in [-0.05, 0) is 37.1 Å². The standard InChI is InChI=1S/C23H24ClN5O2/c1-14-4-7-16(8-5-14)13-29-21(30)19-20(26(3)23(29)31)25-22-27(10-11-28(19)22)17-9-6-15(2)18(24)12-17/h4-9,12,19-20H,10-11,13H2,1-3H3. The number of fused-ring (bicyclic) bond motifs is 3. The topological polar surface area (TPSA) is 59.5 Å². The van der Waals surface area contributed by atoms with E-state index < -0.39 is 12.2 Å². The van der Waals surface area contributed by atoms with Crippen molar-refractivity contribution in [2.45, 2.75) is 32.6 Å². The van der Waals surface area contributed by atoms with Crippen LogP contribution in [0.5, 0.6) is 0 Å². The Bertz CT molecular complexity index is 1100. The first-order valence-corrected chi connectivity index (χ1v) is 10.7. The highest BCUT2D eigenvalue weighted by atomic mass is 35.5. The molecule has 2 aromatic rings. The van der Waals surface area contributed by atoms with Crippen LogP contribution in [0.15, 0.2) is 47.5 Å². The van der Waals surface area contributed by atoms with Crippen molar-refractivity contribution in [3.05, 3.63) is 64.2 Å². The smallest absolute Gasteiger partial charge is 0.325 e. The highest BCUT2D eigenvalue weighted by Gasteiger charge is 2.54. The fourth-order valence-electron chi connectivity index (χ4n) is 4.45. The normalized spacial score (nSPS) is 22.8. The van der Waals surface area contributed by atoms with E-state index in [1.54, 1.807) is 11.9 Å². The first-order chi connectivity index (χ1) is 14.8. The Labute approximate surface area is 186 Å². The van der Waals surface area contributed by atoms with Crippen LogP contribution in [0.25, 0.3) is 0 Å². The number of halogens is 1. The van der Waals surface area contributed by atoms with Crippen molar-refractivity contribution in [3.8, 4) is 0 Å². The molecule has 0 aromatic heterocycles. The molecule has 160 valence electrons. The van der Waals surface area contributed by atoms with Crippen molar-refractivity contribution >= 4 is 35.2 Å². The molecule has 31 heavy (non-hydrogen) atoms. The van der Waals surface area contributed by atoms with E-state index in [-0.39, 0.29) is 18.5 Å². The van der Waals surface area contributed by atoms with Crippen LogP contribution in [0.4, 0.5) is 10.5 Å². The van der Waals surface area contributed by atoms with Crippen molar-refractivity contribution in [1.29, 1.82) is 0 Å². The van der Waals surface area contributed by atoms with E-state index in [0.717, 1.165) is 28.3 Å². The second-order valence-corrected chi connectivity index (χ2v) is 8.78. The molecule has 3 amide bonds. The van der Waals surface area contributed by atoms with Crippen LogP contribution in [0.2, 0.25) is 5.02 Å². The van der Waals surface area contributed by atoms with Crippen LogP contribution in [-0.4, -0.2) is 64.9 Å². The van der Waals surface area contributed by atoms with Gasteiger partial charge in [0.05, 0.1) is 6.54 Å². The van der Waals surface area contributed by atoms with Gasteiger partial charge in [0.15, 0.2) is 12.2 Å². The molecular formula is C23H24ClN5O2. The van der Waals surface area contributed by atoms with Crippen molar-refractivity contribution in [2.24, 2.45) is 4.99 Å². The van der Waals surface area contributed by atoms with E-state index in [2.05, 4.69) is 4.90 Å². The number of aliphatic imine (C=N–C) groups is 1. The Balaban J connectivity index is 1.43. The van der Waals surface area contributed by atoms with Gasteiger partial charge in [-0.2, -0.15) is 0 Å². The number of imide groups is 1. The zero-order valence-corrected chi connectivity index (χ0v) is 18.5. The highest BCUT2D eigenvalue weighted by molar-refractivity contribution is 6.31. The second kappa shape index (κ2) is 7.27. The first-order valence-electron chi connectivity index (χ1n) is 10.4. The number of aryl methyl sites for hydroxylation is 2. The third kappa shape index (κ3) is 3.15. The monoisotopic (exact) mass is 437 g/mol. The number of carbonyl (C=O) groups excluding carboxylic acids is 2. The van der Waals surface area contributed by atoms with Gasteiger partial charge in [0, 0.05) is 30.8 Å². The van der Waals surface area contributed by atoms with E-state index in [4.69, 9.17) is 16.6 Å². The fraction of sp³-hybridized carbons (Fsp3) is 0.348. The molecule has 0 N–H and O–H groups in total. The molecule has 8 heteroatoms. The molecule has 2 atom stereocenters. The Morgan fingerprint density at radius 2 is 1.81 bits per heavy atom. The van der Waals surface area contributed by atoms with Gasteiger partial charge in [-0.3, -0.25) is 9.69 Å². The molecule has 0 aliphatic carbocycles. The molecule has 3 heterocycles. The molecule has 0 radical (unpaired) electrons. The lowest BCUT2D eigenvalue weighted by molar-refractivity contribution is -0.137. The van der Waals surface area contributed by atoms with Gasteiger partial charge in [0.25, 0.3) is 5.91 Å². The van der Waals surface area contributed by atoms with Crippen LogP contribution >= 0.6 is 11.6 Å². The van der Waals surface area contributed by atoms with Crippen molar-refractivity contribution < 1.29 is 9.59 Å². The highest BCUT2D eigenvalue weighted by Crippen LogP contribution is 2.34. The molecule has 3 aliphatic rings. The van der Waals surface area contributed by atoms with Crippen LogP contribution in [0.3, 0.4) is 0 Å². The molecule has 0 spiro atoms. The number of guanidine groups is 1. The lowest BCUT2D eigenvalue weighted by Crippen LogP contribution is -2.64. The van der Waals surface area contributed by atoms with Crippen LogP contribution in [0.1, 0.15) is 16.7 Å². The summed E-state index contributed by atoms with van der Waals surface area (Å²) in [6.07, 6.45) is -0.520. The molecule has 0 saturated carbocycles. The van der Waals surface area contributed by atoms with Crippen molar-refractivity contribution in [2.75, 3.05) is 25.0 Å². The third-order valence-corrected chi connectivity index (χ3v) is 6.71. The van der Waals surface area contributed by atoms with E-state index in [1.807, 2.05) is 61.2 Å². The summed E-state index contributed by atoms with van der Waals surface area (Å²) >= 11 is 6.33. The molecular weight excluding hydrogens is 414 g/mol. The molecule has 0 bridgehead atoms. The van der Waals surface area contributed by atoms with E-state index in [1.165, 1.54) is 4.90 Å². The van der Waals surface area contributed by atoms with Crippen LogP contribution in [0, 0.1) is 13.8 Å². The summed E-state index contributed by atoms with van der Waals surface area (Å²) in [6.45, 7) is 5.61. The molecule has 2 saturated heterocycles. The average Bonchev–Trinajstić information content (AvgIpc) is 3.32. The predicted molar refractivity (Wildman–Crippen MR) is 120 cm³/mol. The van der Waals surface area contributed by atoms with Gasteiger partial charge in [0.2, 0.25) is 5.96 Å². The molecule has 5 rings (SSSR count). The van der Waals surface area contributed by atoms with Crippen LogP contribution in [-0.2, 0) is 11.3 Å². The summed E-state index contributed by atoms with van der Waals surface area (Å²) in [5.74, 6) is 0.524. The number of nitrogens with zero attached hydrogens (tertiary/aromatic N) is 5. The van der Waals surface area contributed by atoms with Gasteiger partial charge < -0.3 is 14.7 Å². The molecule has 2 unspecified atom stereocenters. The van der Waals surface area contributed by atoms with Crippen molar-refractivity contribution in [1.82, 2.24) is 14.7 Å². The Morgan fingerprint density at radius 3 is 2.52 bits per heavy atom. The SMILES string of the molecule is Cc1ccc(CN2C(=O)C3C(N=C4N(c5ccc(C)c(Cl)c5)CCN43)N(C)C2=O)cc1. The van der Waals surface area contributed by atoms with Gasteiger partial charge in [-0.1, -0.05) is 47.5 Å². The Kier molecular flexibility index (Phi) is 4.66. The molecule has 7 nitrogen and oxygen atoms in total. The summed E-state index contributed by atoms with van der Waals surface area (Å²) in [5.41, 5.74) is 4.01. The zero-order valence-electron chi connectivity index (χ0n) is 17.7. The minimum absolute atomic E-state index is 0.198. The van der Waals surface area contributed by atoms with E-state index in [9.17, 15) is 9.59 Å². The number of likely N-dealkylation sites (N-methyl/N-ethyl adjacent to an activating group) is 1. The number of carbonyl (C=O) groups is 2. The zero-order chi connectivity index (χ0) is 21.9. The predicted octanol–water partition coefficient (Wildman–Crippen LogP) is 3.24.